The van der Waals surface area contributed by atoms with Gasteiger partial charge in [-0.15, -0.1) is 0 Å². The highest BCUT2D eigenvalue weighted by atomic mass is 32.2. The van der Waals surface area contributed by atoms with Crippen LogP contribution in [0.2, 0.25) is 0 Å². The van der Waals surface area contributed by atoms with Crippen LogP contribution in [0.25, 0.3) is 0 Å². The summed E-state index contributed by atoms with van der Waals surface area (Å²) in [7, 11) is 0. The first-order valence-electron chi connectivity index (χ1n) is 13.4. The van der Waals surface area contributed by atoms with E-state index in [9.17, 15) is 9.59 Å². The molecule has 4 rings (SSSR count). The second kappa shape index (κ2) is 14.0. The molecule has 4 nitrogen and oxygen atoms in total. The van der Waals surface area contributed by atoms with Crippen molar-refractivity contribution < 1.29 is 9.59 Å². The van der Waals surface area contributed by atoms with Crippen molar-refractivity contribution in [2.75, 3.05) is 5.75 Å². The van der Waals surface area contributed by atoms with E-state index in [0.717, 1.165) is 53.9 Å². The number of benzene rings is 3. The molecule has 0 aromatic heterocycles. The predicted molar refractivity (Wildman–Crippen MR) is 153 cm³/mol. The Hall–Kier alpha value is -3.05. The Morgan fingerprint density at radius 2 is 1.54 bits per heavy atom. The lowest BCUT2D eigenvalue weighted by molar-refractivity contribution is -0.141. The van der Waals surface area contributed by atoms with E-state index >= 15 is 0 Å². The summed E-state index contributed by atoms with van der Waals surface area (Å²) in [4.78, 5) is 29.3. The smallest absolute Gasteiger partial charge is 0.243 e. The molecular weight excluding hydrogens is 476 g/mol. The number of hydrogen-bond acceptors (Lipinski definition) is 3. The Kier molecular flexibility index (Phi) is 10.2. The molecule has 0 radical (unpaired) electrons. The van der Waals surface area contributed by atoms with E-state index in [1.165, 1.54) is 5.56 Å². The average molecular weight is 515 g/mol. The van der Waals surface area contributed by atoms with Gasteiger partial charge in [-0.1, -0.05) is 103 Å². The highest BCUT2D eigenvalue weighted by molar-refractivity contribution is 7.98. The molecule has 2 amide bonds. The SMILES string of the molecule is Cc1cccc(CN(C(=O)CCSCc2ccccc2)[C@H](Cc2ccccc2)C(=O)NC2CCCC2)c1. The summed E-state index contributed by atoms with van der Waals surface area (Å²) in [5.41, 5.74) is 4.53. The fourth-order valence-corrected chi connectivity index (χ4v) is 5.89. The first-order valence-corrected chi connectivity index (χ1v) is 14.5. The van der Waals surface area contributed by atoms with Crippen molar-refractivity contribution >= 4 is 23.6 Å². The number of hydrogen-bond donors (Lipinski definition) is 1. The summed E-state index contributed by atoms with van der Waals surface area (Å²) in [5, 5.41) is 3.28. The van der Waals surface area contributed by atoms with Gasteiger partial charge in [-0.3, -0.25) is 9.59 Å². The van der Waals surface area contributed by atoms with E-state index in [1.54, 1.807) is 11.8 Å². The van der Waals surface area contributed by atoms with E-state index in [4.69, 9.17) is 0 Å². The predicted octanol–water partition coefficient (Wildman–Crippen LogP) is 6.32. The van der Waals surface area contributed by atoms with Crippen LogP contribution in [0, 0.1) is 6.92 Å². The Morgan fingerprint density at radius 1 is 0.892 bits per heavy atom. The van der Waals surface area contributed by atoms with Crippen molar-refractivity contribution in [3.05, 3.63) is 107 Å². The zero-order valence-electron chi connectivity index (χ0n) is 21.8. The molecule has 0 aliphatic heterocycles. The van der Waals surface area contributed by atoms with Gasteiger partial charge < -0.3 is 10.2 Å². The molecule has 1 aliphatic carbocycles. The average Bonchev–Trinajstić information content (AvgIpc) is 3.43. The van der Waals surface area contributed by atoms with Crippen molar-refractivity contribution in [3.63, 3.8) is 0 Å². The third-order valence-electron chi connectivity index (χ3n) is 6.98. The van der Waals surface area contributed by atoms with Gasteiger partial charge in [0, 0.05) is 36.9 Å². The molecule has 37 heavy (non-hydrogen) atoms. The Labute approximate surface area is 225 Å². The van der Waals surface area contributed by atoms with Crippen LogP contribution in [0.4, 0.5) is 0 Å². The second-order valence-electron chi connectivity index (χ2n) is 9.99. The van der Waals surface area contributed by atoms with Crippen molar-refractivity contribution in [1.29, 1.82) is 0 Å². The van der Waals surface area contributed by atoms with Crippen LogP contribution in [0.5, 0.6) is 0 Å². The summed E-state index contributed by atoms with van der Waals surface area (Å²) >= 11 is 1.76. The fourth-order valence-electron chi connectivity index (χ4n) is 5.00. The lowest BCUT2D eigenvalue weighted by Crippen LogP contribution is -2.52. The number of amides is 2. The van der Waals surface area contributed by atoms with Crippen LogP contribution in [0.3, 0.4) is 0 Å². The van der Waals surface area contributed by atoms with Crippen LogP contribution in [-0.2, 0) is 28.3 Å². The highest BCUT2D eigenvalue weighted by Gasteiger charge is 2.32. The largest absolute Gasteiger partial charge is 0.352 e. The van der Waals surface area contributed by atoms with Gasteiger partial charge >= 0.3 is 0 Å². The van der Waals surface area contributed by atoms with Crippen molar-refractivity contribution in [3.8, 4) is 0 Å². The number of nitrogens with one attached hydrogen (secondary N) is 1. The lowest BCUT2D eigenvalue weighted by Gasteiger charge is -2.32. The summed E-state index contributed by atoms with van der Waals surface area (Å²) in [5.74, 6) is 1.60. The van der Waals surface area contributed by atoms with Crippen molar-refractivity contribution in [2.45, 2.75) is 69.8 Å². The molecule has 5 heteroatoms. The molecule has 0 unspecified atom stereocenters. The first kappa shape index (κ1) is 27.0. The molecule has 0 saturated heterocycles. The summed E-state index contributed by atoms with van der Waals surface area (Å²) < 4.78 is 0. The third kappa shape index (κ3) is 8.50. The first-order chi connectivity index (χ1) is 18.1. The van der Waals surface area contributed by atoms with Gasteiger partial charge in [0.25, 0.3) is 0 Å². The zero-order valence-corrected chi connectivity index (χ0v) is 22.6. The number of aryl methyl sites for hydroxylation is 1. The monoisotopic (exact) mass is 514 g/mol. The van der Waals surface area contributed by atoms with Crippen LogP contribution < -0.4 is 5.32 Å². The van der Waals surface area contributed by atoms with Gasteiger partial charge in [0.1, 0.15) is 6.04 Å². The summed E-state index contributed by atoms with van der Waals surface area (Å²) in [6.45, 7) is 2.49. The molecule has 0 spiro atoms. The van der Waals surface area contributed by atoms with Crippen LogP contribution in [-0.4, -0.2) is 34.6 Å². The van der Waals surface area contributed by atoms with E-state index in [0.29, 0.717) is 19.4 Å². The lowest BCUT2D eigenvalue weighted by atomic mass is 10.0. The van der Waals surface area contributed by atoms with Crippen LogP contribution >= 0.6 is 11.8 Å². The third-order valence-corrected chi connectivity index (χ3v) is 8.01. The summed E-state index contributed by atoms with van der Waals surface area (Å²) in [6, 6.07) is 28.3. The van der Waals surface area contributed by atoms with Gasteiger partial charge in [-0.25, -0.2) is 0 Å². The second-order valence-corrected chi connectivity index (χ2v) is 11.1. The van der Waals surface area contributed by atoms with Gasteiger partial charge in [0.2, 0.25) is 11.8 Å². The minimum absolute atomic E-state index is 0.0320. The Balaban J connectivity index is 1.52. The number of thioether (sulfide) groups is 1. The molecule has 3 aromatic rings. The Morgan fingerprint density at radius 3 is 2.22 bits per heavy atom. The van der Waals surface area contributed by atoms with E-state index < -0.39 is 6.04 Å². The maximum atomic E-state index is 13.7. The van der Waals surface area contributed by atoms with Gasteiger partial charge in [-0.2, -0.15) is 11.8 Å². The number of rotatable bonds is 12. The van der Waals surface area contributed by atoms with E-state index in [-0.39, 0.29) is 17.9 Å². The van der Waals surface area contributed by atoms with Crippen LogP contribution in [0.15, 0.2) is 84.9 Å². The standard InChI is InChI=1S/C32H38N2O2S/c1-25-11-10-16-28(21-25)23-34(31(35)19-20-37-24-27-14-6-3-7-15-27)30(22-26-12-4-2-5-13-26)32(36)33-29-17-8-9-18-29/h2-7,10-16,21,29-30H,8-9,17-20,22-24H2,1H3,(H,33,36)/t30-/m1/s1. The number of nitrogens with zero attached hydrogens (tertiary/aromatic N) is 1. The molecule has 1 aliphatic rings. The van der Waals surface area contributed by atoms with E-state index in [2.05, 4.69) is 36.5 Å². The molecular formula is C32H38N2O2S. The Bertz CT molecular complexity index is 1130. The number of carbonyl (C=O) groups is 2. The van der Waals surface area contributed by atoms with Gasteiger partial charge in [-0.05, 0) is 36.5 Å². The maximum Gasteiger partial charge on any atom is 0.243 e. The molecule has 1 saturated carbocycles. The molecule has 194 valence electrons. The number of carbonyl (C=O) groups excluding carboxylic acids is 2. The zero-order chi connectivity index (χ0) is 25.9. The molecule has 1 N–H and O–H groups in total. The summed E-state index contributed by atoms with van der Waals surface area (Å²) in [6.07, 6.45) is 5.26. The highest BCUT2D eigenvalue weighted by Crippen LogP contribution is 2.21. The quantitative estimate of drug-likeness (QED) is 0.288. The van der Waals surface area contributed by atoms with Crippen LogP contribution in [0.1, 0.15) is 54.4 Å². The minimum Gasteiger partial charge on any atom is -0.352 e. The van der Waals surface area contributed by atoms with Gasteiger partial charge in [0.15, 0.2) is 0 Å². The molecule has 3 aromatic carbocycles. The van der Waals surface area contributed by atoms with Gasteiger partial charge in [0.05, 0.1) is 0 Å². The topological polar surface area (TPSA) is 49.4 Å². The normalized spacial score (nSPS) is 14.3. The molecule has 0 heterocycles. The van der Waals surface area contributed by atoms with Crippen molar-refractivity contribution in [2.24, 2.45) is 0 Å². The van der Waals surface area contributed by atoms with E-state index in [1.807, 2.05) is 65.6 Å². The molecule has 1 atom stereocenters. The minimum atomic E-state index is -0.546. The fraction of sp³-hybridized carbons (Fsp3) is 0.375. The molecule has 0 bridgehead atoms. The van der Waals surface area contributed by atoms with Crippen molar-refractivity contribution in [1.82, 2.24) is 10.2 Å². The molecule has 1 fully saturated rings. The maximum absolute atomic E-state index is 13.7.